The molecule has 18 heavy (non-hydrogen) atoms. The van der Waals surface area contributed by atoms with Gasteiger partial charge in [-0.2, -0.15) is 0 Å². The highest BCUT2D eigenvalue weighted by Gasteiger charge is 2.48. The number of carbonyl (C=O) groups is 1. The molecule has 8 heteroatoms. The van der Waals surface area contributed by atoms with E-state index >= 15 is 0 Å². The van der Waals surface area contributed by atoms with Gasteiger partial charge in [0.1, 0.15) is 6.04 Å². The average Bonchev–Trinajstić information content (AvgIpc) is 2.23. The second-order valence-corrected chi connectivity index (χ2v) is 4.36. The fourth-order valence-electron chi connectivity index (χ4n) is 1.58. The van der Waals surface area contributed by atoms with Crippen molar-refractivity contribution in [2.45, 2.75) is 12.0 Å². The zero-order valence-corrected chi connectivity index (χ0v) is 11.1. The third-order valence-electron chi connectivity index (χ3n) is 2.37. The Hall–Kier alpha value is -0.780. The number of carbonyl (C=O) groups excluding carboxylic acids is 1. The van der Waals surface area contributed by atoms with Crippen molar-refractivity contribution in [1.82, 2.24) is 5.32 Å². The lowest BCUT2D eigenvalue weighted by Crippen LogP contribution is -2.49. The molecule has 100 valence electrons. The Morgan fingerprint density at radius 1 is 1.33 bits per heavy atom. The lowest BCUT2D eigenvalue weighted by molar-refractivity contribution is -0.104. The summed E-state index contributed by atoms with van der Waals surface area (Å²) < 4.78 is 31.5. The summed E-state index contributed by atoms with van der Waals surface area (Å²) in [6, 6.07) is 2.82. The number of cyclic esters (lactones) is 1. The molecule has 1 aliphatic heterocycles. The highest BCUT2D eigenvalue weighted by molar-refractivity contribution is 6.36. The Balaban J connectivity index is 0.00000162. The number of alkyl halides is 2. The van der Waals surface area contributed by atoms with Crippen LogP contribution in [0.1, 0.15) is 11.6 Å². The Bertz CT molecular complexity index is 450. The van der Waals surface area contributed by atoms with Gasteiger partial charge in [-0.05, 0) is 12.1 Å². The van der Waals surface area contributed by atoms with Gasteiger partial charge in [0.05, 0.1) is 0 Å². The normalized spacial score (nSPS) is 21.6. The van der Waals surface area contributed by atoms with Crippen molar-refractivity contribution in [3.63, 3.8) is 0 Å². The monoisotopic (exact) mass is 317 g/mol. The van der Waals surface area contributed by atoms with Crippen LogP contribution in [0.15, 0.2) is 18.2 Å². The predicted octanol–water partition coefficient (Wildman–Crippen LogP) is 3.83. The first-order valence-electron chi connectivity index (χ1n) is 4.67. The Kier molecular flexibility index (Phi) is 4.64. The van der Waals surface area contributed by atoms with E-state index in [1.165, 1.54) is 18.2 Å². The van der Waals surface area contributed by atoms with E-state index in [2.05, 4.69) is 4.74 Å². The maximum atomic E-state index is 13.6. The molecular weight excluding hydrogens is 310 g/mol. The summed E-state index contributed by atoms with van der Waals surface area (Å²) in [6.07, 6.45) is -0.920. The Morgan fingerprint density at radius 2 is 1.89 bits per heavy atom. The summed E-state index contributed by atoms with van der Waals surface area (Å²) in [6.45, 7) is -0.995. The maximum Gasteiger partial charge on any atom is 0.408 e. The van der Waals surface area contributed by atoms with Crippen LogP contribution in [0.4, 0.5) is 13.6 Å². The molecular formula is C10H8Cl3F2NO2. The number of nitrogens with one attached hydrogen (secondary N) is 1. The second-order valence-electron chi connectivity index (χ2n) is 3.55. The molecule has 0 bridgehead atoms. The molecule has 1 saturated heterocycles. The van der Waals surface area contributed by atoms with Crippen LogP contribution in [0.25, 0.3) is 0 Å². The number of hydrogen-bond donors (Lipinski definition) is 1. The van der Waals surface area contributed by atoms with Crippen LogP contribution in [-0.4, -0.2) is 18.6 Å². The van der Waals surface area contributed by atoms with Gasteiger partial charge in [-0.25, -0.2) is 13.6 Å². The van der Waals surface area contributed by atoms with Crippen molar-refractivity contribution in [3.05, 3.63) is 33.8 Å². The average molecular weight is 319 g/mol. The van der Waals surface area contributed by atoms with E-state index in [1.807, 2.05) is 5.32 Å². The van der Waals surface area contributed by atoms with Gasteiger partial charge >= 0.3 is 12.0 Å². The minimum Gasteiger partial charge on any atom is -0.443 e. The smallest absolute Gasteiger partial charge is 0.408 e. The van der Waals surface area contributed by atoms with E-state index in [0.717, 1.165) is 0 Å². The molecule has 1 aliphatic rings. The molecule has 1 N–H and O–H groups in total. The van der Waals surface area contributed by atoms with Crippen molar-refractivity contribution in [3.8, 4) is 0 Å². The first-order valence-corrected chi connectivity index (χ1v) is 5.42. The molecule has 0 saturated carbocycles. The van der Waals surface area contributed by atoms with Gasteiger partial charge in [-0.1, -0.05) is 29.3 Å². The zero-order valence-electron chi connectivity index (χ0n) is 8.75. The summed E-state index contributed by atoms with van der Waals surface area (Å²) in [4.78, 5) is 11.0. The van der Waals surface area contributed by atoms with Gasteiger partial charge in [0, 0.05) is 15.6 Å². The summed E-state index contributed by atoms with van der Waals surface area (Å²) in [5.74, 6) is -3.26. The van der Waals surface area contributed by atoms with Gasteiger partial charge in [-0.3, -0.25) is 0 Å². The largest absolute Gasteiger partial charge is 0.443 e. The first-order chi connectivity index (χ1) is 7.92. The molecule has 0 aromatic heterocycles. The topological polar surface area (TPSA) is 38.3 Å². The summed E-state index contributed by atoms with van der Waals surface area (Å²) in [5.41, 5.74) is -0.00233. The Morgan fingerprint density at radius 3 is 2.44 bits per heavy atom. The third kappa shape index (κ3) is 2.79. The molecule has 1 aromatic rings. The number of rotatable bonds is 1. The molecule has 2 rings (SSSR count). The fraction of sp³-hybridized carbons (Fsp3) is 0.300. The van der Waals surface area contributed by atoms with Crippen LogP contribution in [0.5, 0.6) is 0 Å². The highest BCUT2D eigenvalue weighted by Crippen LogP contribution is 2.40. The minimum absolute atomic E-state index is 0. The summed E-state index contributed by atoms with van der Waals surface area (Å²) in [7, 11) is 0. The second kappa shape index (κ2) is 5.47. The van der Waals surface area contributed by atoms with Crippen molar-refractivity contribution in [2.24, 2.45) is 0 Å². The van der Waals surface area contributed by atoms with Gasteiger partial charge in [0.15, 0.2) is 6.61 Å². The van der Waals surface area contributed by atoms with E-state index in [1.54, 1.807) is 0 Å². The molecule has 0 aliphatic carbocycles. The molecule has 1 atom stereocenters. The highest BCUT2D eigenvalue weighted by atomic mass is 35.5. The first kappa shape index (κ1) is 15.3. The Labute approximate surface area is 118 Å². The molecule has 3 nitrogen and oxygen atoms in total. The zero-order chi connectivity index (χ0) is 12.6. The quantitative estimate of drug-likeness (QED) is 0.854. The minimum atomic E-state index is -3.26. The number of hydrogen-bond acceptors (Lipinski definition) is 2. The predicted molar refractivity (Wildman–Crippen MR) is 65.9 cm³/mol. The molecule has 0 radical (unpaired) electrons. The molecule has 1 aromatic carbocycles. The van der Waals surface area contributed by atoms with E-state index in [-0.39, 0.29) is 28.0 Å². The molecule has 0 unspecified atom stereocenters. The van der Waals surface area contributed by atoms with Crippen molar-refractivity contribution in [2.75, 3.05) is 6.61 Å². The van der Waals surface area contributed by atoms with Crippen molar-refractivity contribution < 1.29 is 18.3 Å². The van der Waals surface area contributed by atoms with E-state index in [9.17, 15) is 13.6 Å². The molecule has 1 amide bonds. The lowest BCUT2D eigenvalue weighted by atomic mass is 10.00. The fourth-order valence-corrected chi connectivity index (χ4v) is 2.20. The van der Waals surface area contributed by atoms with Crippen LogP contribution in [0.2, 0.25) is 10.0 Å². The summed E-state index contributed by atoms with van der Waals surface area (Å²) in [5, 5.41) is 2.17. The van der Waals surface area contributed by atoms with E-state index < -0.39 is 24.7 Å². The number of benzene rings is 1. The number of alkyl carbamates (subject to hydrolysis) is 1. The van der Waals surface area contributed by atoms with Crippen LogP contribution in [0, 0.1) is 0 Å². The molecule has 1 heterocycles. The van der Waals surface area contributed by atoms with Crippen LogP contribution in [-0.2, 0) is 4.74 Å². The third-order valence-corrected chi connectivity index (χ3v) is 3.03. The lowest BCUT2D eigenvalue weighted by Gasteiger charge is -2.32. The number of amides is 1. The van der Waals surface area contributed by atoms with Crippen molar-refractivity contribution >= 4 is 41.7 Å². The van der Waals surface area contributed by atoms with Crippen LogP contribution in [0.3, 0.4) is 0 Å². The van der Waals surface area contributed by atoms with Crippen LogP contribution >= 0.6 is 35.6 Å². The molecule has 0 spiro atoms. The van der Waals surface area contributed by atoms with Crippen molar-refractivity contribution in [1.29, 1.82) is 0 Å². The SMILES string of the molecule is Cl.O=C1N[C@H](c2c(Cl)cccc2Cl)C(F)(F)CO1. The number of ether oxygens (including phenoxy) is 1. The maximum absolute atomic E-state index is 13.6. The molecule has 1 fully saturated rings. The van der Waals surface area contributed by atoms with E-state index in [4.69, 9.17) is 23.2 Å². The van der Waals surface area contributed by atoms with Gasteiger partial charge in [0.25, 0.3) is 0 Å². The van der Waals surface area contributed by atoms with Gasteiger partial charge in [0.2, 0.25) is 0 Å². The van der Waals surface area contributed by atoms with Gasteiger partial charge < -0.3 is 10.1 Å². The van der Waals surface area contributed by atoms with Gasteiger partial charge in [-0.15, -0.1) is 12.4 Å². The van der Waals surface area contributed by atoms with E-state index in [0.29, 0.717) is 0 Å². The van der Waals surface area contributed by atoms with Crippen LogP contribution < -0.4 is 5.32 Å². The number of halogens is 5. The summed E-state index contributed by atoms with van der Waals surface area (Å²) >= 11 is 11.7. The standard InChI is InChI=1S/C10H7Cl2F2NO2.ClH/c11-5-2-1-3-6(12)7(5)8-10(13,14)4-17-9(16)15-8;/h1-3,8H,4H2,(H,15,16);1H/t8-;/m1./s1.